The lowest BCUT2D eigenvalue weighted by atomic mass is 10.0. The van der Waals surface area contributed by atoms with Crippen LogP contribution < -0.4 is 27.8 Å². The molecule has 0 bridgehead atoms. The largest absolute Gasteiger partial charge is 0.480 e. The monoisotopic (exact) mass is 470 g/mol. The SMILES string of the molecule is CC(C)CC(NC(=O)C(CCCCN)NC(=O)C(N)CC(N)=O)C(=O)N1CCCC1C(=O)O. The van der Waals surface area contributed by atoms with Gasteiger partial charge in [-0.05, 0) is 51.0 Å². The molecule has 0 aliphatic carbocycles. The summed E-state index contributed by atoms with van der Waals surface area (Å²) in [5.74, 6) is -3.54. The van der Waals surface area contributed by atoms with Gasteiger partial charge in [-0.3, -0.25) is 19.2 Å². The molecule has 0 spiro atoms. The standard InChI is InChI=1S/C21H38N6O6/c1-12(2)10-15(20(31)27-9-5-7-16(27)21(32)33)26-19(30)14(6-3-4-8-22)25-18(29)13(23)11-17(24)28/h12-16H,3-11,22-23H2,1-2H3,(H2,24,28)(H,25,29)(H,26,30)(H,32,33). The minimum atomic E-state index is -1.21. The molecule has 1 rings (SSSR count). The molecule has 0 aromatic carbocycles. The Kier molecular flexibility index (Phi) is 11.8. The maximum Gasteiger partial charge on any atom is 0.326 e. The number of primary amides is 1. The van der Waals surface area contributed by atoms with Crippen molar-refractivity contribution >= 4 is 29.6 Å². The number of aliphatic carboxylic acids is 1. The smallest absolute Gasteiger partial charge is 0.326 e. The zero-order valence-electron chi connectivity index (χ0n) is 19.4. The van der Waals surface area contributed by atoms with Gasteiger partial charge in [-0.25, -0.2) is 4.79 Å². The molecule has 1 saturated heterocycles. The zero-order valence-corrected chi connectivity index (χ0v) is 19.4. The average molecular weight is 471 g/mol. The summed E-state index contributed by atoms with van der Waals surface area (Å²) in [6, 6.07) is -4.07. The van der Waals surface area contributed by atoms with Gasteiger partial charge >= 0.3 is 5.97 Å². The summed E-state index contributed by atoms with van der Waals surface area (Å²) in [7, 11) is 0. The number of nitrogens with one attached hydrogen (secondary N) is 2. The number of carbonyl (C=O) groups is 5. The van der Waals surface area contributed by atoms with Gasteiger partial charge in [0.15, 0.2) is 0 Å². The number of carboxylic acid groups (broad SMARTS) is 1. The number of hydrogen-bond donors (Lipinski definition) is 6. The lowest BCUT2D eigenvalue weighted by molar-refractivity contribution is -0.149. The van der Waals surface area contributed by atoms with Gasteiger partial charge in [-0.15, -0.1) is 0 Å². The number of hydrogen-bond acceptors (Lipinski definition) is 7. The van der Waals surface area contributed by atoms with E-state index < -0.39 is 53.8 Å². The quantitative estimate of drug-likeness (QED) is 0.162. The number of amides is 4. The van der Waals surface area contributed by atoms with E-state index in [2.05, 4.69) is 10.6 Å². The van der Waals surface area contributed by atoms with Crippen LogP contribution in [0.25, 0.3) is 0 Å². The molecule has 4 atom stereocenters. The van der Waals surface area contributed by atoms with Gasteiger partial charge in [-0.1, -0.05) is 13.8 Å². The minimum absolute atomic E-state index is 0.0411. The van der Waals surface area contributed by atoms with Crippen LogP contribution in [0.15, 0.2) is 0 Å². The highest BCUT2D eigenvalue weighted by Crippen LogP contribution is 2.20. The molecule has 33 heavy (non-hydrogen) atoms. The third kappa shape index (κ3) is 9.34. The van der Waals surface area contributed by atoms with E-state index >= 15 is 0 Å². The molecule has 4 amide bonds. The summed E-state index contributed by atoms with van der Waals surface area (Å²) in [6.07, 6.45) is 2.27. The Balaban J connectivity index is 2.98. The van der Waals surface area contributed by atoms with Crippen molar-refractivity contribution in [3.63, 3.8) is 0 Å². The number of rotatable bonds is 14. The van der Waals surface area contributed by atoms with Crippen molar-refractivity contribution < 1.29 is 29.1 Å². The second-order valence-corrected chi connectivity index (χ2v) is 8.84. The molecular weight excluding hydrogens is 432 g/mol. The fraction of sp³-hybridized carbons (Fsp3) is 0.762. The molecule has 4 unspecified atom stereocenters. The lowest BCUT2D eigenvalue weighted by Gasteiger charge is -2.29. The average Bonchev–Trinajstić information content (AvgIpc) is 3.21. The van der Waals surface area contributed by atoms with Gasteiger partial charge in [0, 0.05) is 6.54 Å². The molecule has 0 aromatic heterocycles. The highest BCUT2D eigenvalue weighted by atomic mass is 16.4. The molecule has 188 valence electrons. The van der Waals surface area contributed by atoms with Gasteiger partial charge < -0.3 is 37.8 Å². The first-order valence-corrected chi connectivity index (χ1v) is 11.4. The van der Waals surface area contributed by atoms with E-state index in [0.717, 1.165) is 0 Å². The van der Waals surface area contributed by atoms with Crippen LogP contribution in [0.5, 0.6) is 0 Å². The minimum Gasteiger partial charge on any atom is -0.480 e. The van der Waals surface area contributed by atoms with Gasteiger partial charge in [-0.2, -0.15) is 0 Å². The van der Waals surface area contributed by atoms with Crippen LogP contribution in [-0.4, -0.2) is 76.9 Å². The Morgan fingerprint density at radius 2 is 1.70 bits per heavy atom. The Bertz CT molecular complexity index is 715. The first-order chi connectivity index (χ1) is 15.5. The molecule has 0 saturated carbocycles. The first kappa shape index (κ1) is 28.3. The molecule has 0 radical (unpaired) electrons. The summed E-state index contributed by atoms with van der Waals surface area (Å²) >= 11 is 0. The van der Waals surface area contributed by atoms with E-state index in [4.69, 9.17) is 17.2 Å². The van der Waals surface area contributed by atoms with Crippen LogP contribution in [0.1, 0.15) is 58.8 Å². The Morgan fingerprint density at radius 3 is 2.24 bits per heavy atom. The van der Waals surface area contributed by atoms with Crippen LogP contribution in [-0.2, 0) is 24.0 Å². The van der Waals surface area contributed by atoms with Crippen LogP contribution >= 0.6 is 0 Å². The second-order valence-electron chi connectivity index (χ2n) is 8.84. The van der Waals surface area contributed by atoms with Crippen LogP contribution in [0.4, 0.5) is 0 Å². The predicted molar refractivity (Wildman–Crippen MR) is 120 cm³/mol. The fourth-order valence-corrected chi connectivity index (χ4v) is 3.80. The van der Waals surface area contributed by atoms with Crippen LogP contribution in [0.3, 0.4) is 0 Å². The Labute approximate surface area is 194 Å². The number of nitrogens with zero attached hydrogens (tertiary/aromatic N) is 1. The Morgan fingerprint density at radius 1 is 1.06 bits per heavy atom. The Hall–Kier alpha value is -2.73. The number of unbranched alkanes of at least 4 members (excludes halogenated alkanes) is 1. The molecule has 1 aliphatic rings. The van der Waals surface area contributed by atoms with Crippen LogP contribution in [0.2, 0.25) is 0 Å². The third-order valence-corrected chi connectivity index (χ3v) is 5.48. The summed E-state index contributed by atoms with van der Waals surface area (Å²) in [4.78, 5) is 62.4. The molecule has 1 aliphatic heterocycles. The predicted octanol–water partition coefficient (Wildman–Crippen LogP) is -1.59. The second kappa shape index (κ2) is 13.7. The highest BCUT2D eigenvalue weighted by Gasteiger charge is 2.38. The maximum absolute atomic E-state index is 13.1. The van der Waals surface area contributed by atoms with Gasteiger partial charge in [0.1, 0.15) is 18.1 Å². The zero-order chi connectivity index (χ0) is 25.1. The molecular formula is C21H38N6O6. The molecule has 1 heterocycles. The first-order valence-electron chi connectivity index (χ1n) is 11.4. The number of carbonyl (C=O) groups excluding carboxylic acids is 4. The normalized spacial score (nSPS) is 18.5. The summed E-state index contributed by atoms with van der Waals surface area (Å²) < 4.78 is 0. The van der Waals surface area contributed by atoms with Crippen molar-refractivity contribution in [2.45, 2.75) is 83.0 Å². The lowest BCUT2D eigenvalue weighted by Crippen LogP contribution is -2.57. The number of nitrogens with two attached hydrogens (primary N) is 3. The van der Waals surface area contributed by atoms with Crippen molar-refractivity contribution in [1.82, 2.24) is 15.5 Å². The molecule has 0 aromatic rings. The van der Waals surface area contributed by atoms with E-state index in [9.17, 15) is 29.1 Å². The number of likely N-dealkylation sites (tertiary alicyclic amines) is 1. The van der Waals surface area contributed by atoms with Gasteiger partial charge in [0.25, 0.3) is 0 Å². The molecule has 12 nitrogen and oxygen atoms in total. The van der Waals surface area contributed by atoms with Crippen molar-refractivity contribution in [3.8, 4) is 0 Å². The van der Waals surface area contributed by atoms with Gasteiger partial charge in [0.05, 0.1) is 12.5 Å². The van der Waals surface area contributed by atoms with Crippen molar-refractivity contribution in [3.05, 3.63) is 0 Å². The fourth-order valence-electron chi connectivity index (χ4n) is 3.80. The van der Waals surface area contributed by atoms with Crippen molar-refractivity contribution in [1.29, 1.82) is 0 Å². The van der Waals surface area contributed by atoms with Crippen LogP contribution in [0, 0.1) is 5.92 Å². The van der Waals surface area contributed by atoms with Crippen molar-refractivity contribution in [2.75, 3.05) is 13.1 Å². The summed E-state index contributed by atoms with van der Waals surface area (Å²) in [5.41, 5.74) is 16.3. The third-order valence-electron chi connectivity index (χ3n) is 5.48. The van der Waals surface area contributed by atoms with E-state index in [1.807, 2.05) is 13.8 Å². The molecule has 12 heteroatoms. The van der Waals surface area contributed by atoms with Gasteiger partial charge in [0.2, 0.25) is 23.6 Å². The highest BCUT2D eigenvalue weighted by molar-refractivity contribution is 5.95. The topological polar surface area (TPSA) is 211 Å². The molecule has 9 N–H and O–H groups in total. The molecule has 1 fully saturated rings. The summed E-state index contributed by atoms with van der Waals surface area (Å²) in [6.45, 7) is 4.48. The van der Waals surface area contributed by atoms with Crippen molar-refractivity contribution in [2.24, 2.45) is 23.1 Å². The number of carboxylic acids is 1. The van der Waals surface area contributed by atoms with E-state index in [-0.39, 0.29) is 18.8 Å². The van der Waals surface area contributed by atoms with E-state index in [1.165, 1.54) is 4.90 Å². The van der Waals surface area contributed by atoms with E-state index in [0.29, 0.717) is 45.2 Å². The summed E-state index contributed by atoms with van der Waals surface area (Å²) in [5, 5.41) is 14.6. The van der Waals surface area contributed by atoms with E-state index in [1.54, 1.807) is 0 Å². The maximum atomic E-state index is 13.1.